The predicted octanol–water partition coefficient (Wildman–Crippen LogP) is 17.2. The lowest BCUT2D eigenvalue weighted by molar-refractivity contribution is 0.673. The number of rotatable bonds is 7. The van der Waals surface area contributed by atoms with Crippen molar-refractivity contribution in [2.24, 2.45) is 0 Å². The van der Waals surface area contributed by atoms with Crippen LogP contribution in [0.25, 0.3) is 98.8 Å². The summed E-state index contributed by atoms with van der Waals surface area (Å²) in [5.74, 6) is 0. The Balaban J connectivity index is 1.09. The van der Waals surface area contributed by atoms with Gasteiger partial charge in [-0.05, 0) is 126 Å². The van der Waals surface area contributed by atoms with E-state index in [0.29, 0.717) is 33.5 Å². The molecule has 0 unspecified atom stereocenters. The van der Waals surface area contributed by atoms with Crippen molar-refractivity contribution in [2.75, 3.05) is 4.90 Å². The summed E-state index contributed by atoms with van der Waals surface area (Å²) >= 11 is 0. The molecule has 1 heterocycles. The molecule has 2 nitrogen and oxygen atoms in total. The molecule has 0 aliphatic carbocycles. The van der Waals surface area contributed by atoms with Crippen LogP contribution in [0.2, 0.25) is 0 Å². The van der Waals surface area contributed by atoms with Crippen molar-refractivity contribution < 1.29 is 15.4 Å². The van der Waals surface area contributed by atoms with Crippen molar-refractivity contribution in [2.45, 2.75) is 0 Å². The molecule has 0 spiro atoms. The summed E-state index contributed by atoms with van der Waals surface area (Å²) in [6, 6.07) is 57.1. The first-order valence-electron chi connectivity index (χ1n) is 24.6. The normalized spacial score (nSPS) is 13.4. The standard InChI is InChI=1S/C60H39NO/c1-2-14-45-37-47(24-23-40(45)11-1)42-27-33-51(34-28-42)61(50-31-25-41(26-32-50)46-16-9-17-48(38-46)53-21-10-15-43-12-3-5-18-52(43)53)58-22-8-7-19-54(58)49-30-35-56-57-36-29-44-13-4-6-20-55(44)60(57)62-59(56)39-49/h1-39H/i25D,26D,27D,28D,31D,32D,33D,34D. The predicted molar refractivity (Wildman–Crippen MR) is 263 cm³/mol. The van der Waals surface area contributed by atoms with Gasteiger partial charge in [-0.2, -0.15) is 0 Å². The maximum Gasteiger partial charge on any atom is 0.143 e. The third kappa shape index (κ3) is 6.20. The summed E-state index contributed by atoms with van der Waals surface area (Å²) < 4.78 is 84.1. The van der Waals surface area contributed by atoms with Crippen molar-refractivity contribution >= 4 is 71.3 Å². The van der Waals surface area contributed by atoms with Crippen LogP contribution in [-0.4, -0.2) is 0 Å². The van der Waals surface area contributed by atoms with Gasteiger partial charge in [0.25, 0.3) is 0 Å². The molecule has 0 atom stereocenters. The van der Waals surface area contributed by atoms with E-state index < -0.39 is 24.2 Å². The van der Waals surface area contributed by atoms with Gasteiger partial charge < -0.3 is 9.32 Å². The van der Waals surface area contributed by atoms with Gasteiger partial charge >= 0.3 is 0 Å². The summed E-state index contributed by atoms with van der Waals surface area (Å²) in [5.41, 5.74) is 5.44. The zero-order chi connectivity index (χ0) is 47.9. The quantitative estimate of drug-likeness (QED) is 0.160. The largest absolute Gasteiger partial charge is 0.455 e. The van der Waals surface area contributed by atoms with E-state index >= 15 is 0 Å². The molecule has 62 heavy (non-hydrogen) atoms. The van der Waals surface area contributed by atoms with E-state index in [0.717, 1.165) is 59.8 Å². The van der Waals surface area contributed by atoms with E-state index in [1.165, 1.54) is 4.90 Å². The molecule has 0 saturated carbocycles. The first-order valence-corrected chi connectivity index (χ1v) is 20.6. The molecule has 0 aliphatic rings. The zero-order valence-corrected chi connectivity index (χ0v) is 33.3. The van der Waals surface area contributed by atoms with Gasteiger partial charge in [0.15, 0.2) is 0 Å². The maximum atomic E-state index is 9.83. The van der Waals surface area contributed by atoms with Gasteiger partial charge in [0.1, 0.15) is 11.2 Å². The Kier molecular flexibility index (Phi) is 6.76. The summed E-state index contributed by atoms with van der Waals surface area (Å²) in [7, 11) is 0. The van der Waals surface area contributed by atoms with Gasteiger partial charge in [0.05, 0.1) is 16.7 Å². The number of benzene rings is 11. The lowest BCUT2D eigenvalue weighted by Gasteiger charge is -2.28. The Morgan fingerprint density at radius 3 is 1.65 bits per heavy atom. The smallest absolute Gasteiger partial charge is 0.143 e. The van der Waals surface area contributed by atoms with E-state index in [4.69, 9.17) is 4.42 Å². The van der Waals surface area contributed by atoms with Crippen LogP contribution in [0.3, 0.4) is 0 Å². The molecule has 0 bridgehead atoms. The molecule has 0 aliphatic heterocycles. The summed E-state index contributed by atoms with van der Waals surface area (Å²) in [4.78, 5) is 1.38. The Morgan fingerprint density at radius 1 is 0.323 bits per heavy atom. The molecule has 2 heteroatoms. The van der Waals surface area contributed by atoms with Gasteiger partial charge in [-0.15, -0.1) is 0 Å². The molecule has 0 fully saturated rings. The fourth-order valence-electron chi connectivity index (χ4n) is 8.73. The number of para-hydroxylation sites is 1. The second-order valence-corrected chi connectivity index (χ2v) is 15.4. The van der Waals surface area contributed by atoms with Crippen LogP contribution in [0.15, 0.2) is 241 Å². The third-order valence-electron chi connectivity index (χ3n) is 11.8. The van der Waals surface area contributed by atoms with Crippen molar-refractivity contribution in [3.63, 3.8) is 0 Å². The molecular formula is C60H39NO. The monoisotopic (exact) mass is 797 g/mol. The topological polar surface area (TPSA) is 16.4 Å². The highest BCUT2D eigenvalue weighted by Gasteiger charge is 2.19. The number of anilines is 3. The number of fused-ring (bicyclic) bond motifs is 7. The molecule has 0 saturated heterocycles. The number of hydrogen-bond donors (Lipinski definition) is 0. The summed E-state index contributed by atoms with van der Waals surface area (Å²) in [5, 5.41) is 7.81. The SMILES string of the molecule is [2H]c1c([2H])c(N(c2ccccc2-c2ccc3c(c2)oc2c4ccccc4ccc32)c2c([2H])c([2H])c(-c3ccc4ccccc4c3)c([2H])c2[2H])c([2H])c([2H])c1-c1cccc(-c2cccc3ccccc23)c1. The minimum absolute atomic E-state index is 0.0862. The molecule has 0 radical (unpaired) electrons. The Hall–Kier alpha value is -8.20. The Morgan fingerprint density at radius 2 is 0.855 bits per heavy atom. The van der Waals surface area contributed by atoms with Gasteiger partial charge in [-0.25, -0.2) is 0 Å². The number of hydrogen-bond acceptors (Lipinski definition) is 2. The van der Waals surface area contributed by atoms with Crippen LogP contribution < -0.4 is 4.90 Å². The Bertz CT molecular complexity index is 4080. The zero-order valence-electron chi connectivity index (χ0n) is 41.3. The number of nitrogens with zero attached hydrogens (tertiary/aromatic N) is 1. The maximum absolute atomic E-state index is 9.83. The van der Waals surface area contributed by atoms with Crippen LogP contribution in [-0.2, 0) is 0 Å². The molecule has 11 aromatic carbocycles. The van der Waals surface area contributed by atoms with Gasteiger partial charge in [-0.1, -0.05) is 176 Å². The number of furan rings is 1. The Labute approximate surface area is 371 Å². The van der Waals surface area contributed by atoms with Crippen LogP contribution >= 0.6 is 0 Å². The first kappa shape index (κ1) is 28.3. The molecule has 12 rings (SSSR count). The van der Waals surface area contributed by atoms with Crippen LogP contribution in [0.4, 0.5) is 17.1 Å². The second kappa shape index (κ2) is 14.8. The lowest BCUT2D eigenvalue weighted by Crippen LogP contribution is -2.11. The van der Waals surface area contributed by atoms with Gasteiger partial charge in [0, 0.05) is 33.1 Å². The molecular weight excluding hydrogens is 751 g/mol. The fourth-order valence-corrected chi connectivity index (χ4v) is 8.73. The van der Waals surface area contributed by atoms with Crippen molar-refractivity contribution in [1.29, 1.82) is 0 Å². The van der Waals surface area contributed by atoms with Crippen molar-refractivity contribution in [1.82, 2.24) is 0 Å². The first-order chi connectivity index (χ1) is 34.1. The highest BCUT2D eigenvalue weighted by molar-refractivity contribution is 6.15. The van der Waals surface area contributed by atoms with Crippen LogP contribution in [0, 0.1) is 0 Å². The minimum Gasteiger partial charge on any atom is -0.455 e. The summed E-state index contributed by atoms with van der Waals surface area (Å²) in [6.45, 7) is 0. The van der Waals surface area contributed by atoms with E-state index in [9.17, 15) is 11.0 Å². The lowest BCUT2D eigenvalue weighted by atomic mass is 9.95. The van der Waals surface area contributed by atoms with E-state index in [1.54, 1.807) is 24.3 Å². The van der Waals surface area contributed by atoms with Crippen molar-refractivity contribution in [3.05, 3.63) is 236 Å². The molecule has 0 amide bonds. The summed E-state index contributed by atoms with van der Waals surface area (Å²) in [6.07, 6.45) is 0. The fraction of sp³-hybridized carbons (Fsp3) is 0. The van der Waals surface area contributed by atoms with E-state index in [-0.39, 0.29) is 46.7 Å². The van der Waals surface area contributed by atoms with Crippen molar-refractivity contribution in [3.8, 4) is 44.5 Å². The third-order valence-corrected chi connectivity index (χ3v) is 11.8. The highest BCUT2D eigenvalue weighted by atomic mass is 16.3. The van der Waals surface area contributed by atoms with Gasteiger partial charge in [-0.3, -0.25) is 0 Å². The molecule has 12 aromatic rings. The minimum atomic E-state index is -0.420. The second-order valence-electron chi connectivity index (χ2n) is 15.4. The van der Waals surface area contributed by atoms with E-state index in [2.05, 4.69) is 12.1 Å². The van der Waals surface area contributed by atoms with E-state index in [1.807, 2.05) is 152 Å². The molecule has 1 aromatic heterocycles. The molecule has 0 N–H and O–H groups in total. The highest BCUT2D eigenvalue weighted by Crippen LogP contribution is 2.44. The molecule has 290 valence electrons. The van der Waals surface area contributed by atoms with Gasteiger partial charge in [0.2, 0.25) is 0 Å². The van der Waals surface area contributed by atoms with Crippen LogP contribution in [0.1, 0.15) is 11.0 Å². The average Bonchev–Trinajstić information content (AvgIpc) is 3.78. The van der Waals surface area contributed by atoms with Crippen LogP contribution in [0.5, 0.6) is 0 Å². The average molecular weight is 798 g/mol.